The molecule has 0 amide bonds. The van der Waals surface area contributed by atoms with Crippen LogP contribution >= 0.6 is 11.6 Å². The maximum Gasteiger partial charge on any atom is 0.343 e. The lowest BCUT2D eigenvalue weighted by Crippen LogP contribution is -2.13. The van der Waals surface area contributed by atoms with Crippen molar-refractivity contribution in [3.8, 4) is 23.0 Å². The third-order valence-corrected chi connectivity index (χ3v) is 7.89. The van der Waals surface area contributed by atoms with Crippen LogP contribution in [0.5, 0.6) is 23.0 Å². The van der Waals surface area contributed by atoms with Crippen LogP contribution in [0, 0.1) is 13.8 Å². The van der Waals surface area contributed by atoms with E-state index in [9.17, 15) is 14.4 Å². The second-order valence-electron chi connectivity index (χ2n) is 11.8. The van der Waals surface area contributed by atoms with Crippen molar-refractivity contribution in [2.24, 2.45) is 10.2 Å². The van der Waals surface area contributed by atoms with E-state index in [1.807, 2.05) is 32.0 Å². The summed E-state index contributed by atoms with van der Waals surface area (Å²) >= 11 is 6.01. The fourth-order valence-electron chi connectivity index (χ4n) is 4.85. The Hall–Kier alpha value is -5.80. The topological polar surface area (TPSA) is 113 Å². The average molecular weight is 705 g/mol. The van der Waals surface area contributed by atoms with Gasteiger partial charge in [-0.15, -0.1) is 5.11 Å². The normalized spacial score (nSPS) is 10.9. The summed E-state index contributed by atoms with van der Waals surface area (Å²) in [5, 5.41) is 9.22. The number of ether oxygens (including phenoxy) is 4. The molecule has 0 N–H and O–H groups in total. The molecule has 0 heterocycles. The van der Waals surface area contributed by atoms with Crippen molar-refractivity contribution in [3.05, 3.63) is 142 Å². The van der Waals surface area contributed by atoms with Gasteiger partial charge in [0.1, 0.15) is 11.4 Å². The summed E-state index contributed by atoms with van der Waals surface area (Å²) in [5.74, 6) is -1.46. The molecule has 5 rings (SSSR count). The molecule has 0 aliphatic heterocycles. The van der Waals surface area contributed by atoms with Gasteiger partial charge in [-0.05, 0) is 105 Å². The van der Waals surface area contributed by atoms with Crippen LogP contribution in [0.25, 0.3) is 0 Å². The van der Waals surface area contributed by atoms with E-state index in [0.29, 0.717) is 27.6 Å². The molecule has 9 nitrogen and oxygen atoms in total. The lowest BCUT2D eigenvalue weighted by molar-refractivity contribution is 0.0711. The number of halogens is 1. The Labute approximate surface area is 301 Å². The molecule has 51 heavy (non-hydrogen) atoms. The van der Waals surface area contributed by atoms with Crippen molar-refractivity contribution >= 4 is 40.9 Å². The van der Waals surface area contributed by atoms with Gasteiger partial charge < -0.3 is 18.9 Å². The summed E-state index contributed by atoms with van der Waals surface area (Å²) in [6.07, 6.45) is 3.70. The molecule has 0 aliphatic rings. The number of azo groups is 1. The number of aryl methyl sites for hydroxylation is 2. The van der Waals surface area contributed by atoms with Crippen molar-refractivity contribution < 1.29 is 33.3 Å². The van der Waals surface area contributed by atoms with Gasteiger partial charge in [0.05, 0.1) is 29.0 Å². The molecule has 260 valence electrons. The Kier molecular flexibility index (Phi) is 12.7. The smallest absolute Gasteiger partial charge is 0.343 e. The number of carbonyl (C=O) groups is 3. The first-order valence-electron chi connectivity index (χ1n) is 16.6. The molecular formula is C41H37ClN2O7. The summed E-state index contributed by atoms with van der Waals surface area (Å²) in [6.45, 7) is 6.18. The minimum atomic E-state index is -0.660. The molecule has 0 aromatic heterocycles. The minimum absolute atomic E-state index is 0.0321. The van der Waals surface area contributed by atoms with E-state index in [0.717, 1.165) is 36.8 Å². The zero-order chi connectivity index (χ0) is 36.2. The third-order valence-electron chi connectivity index (χ3n) is 7.64. The van der Waals surface area contributed by atoms with Gasteiger partial charge in [0.25, 0.3) is 0 Å². The van der Waals surface area contributed by atoms with Gasteiger partial charge >= 0.3 is 17.9 Å². The molecule has 0 radical (unpaired) electrons. The number of carbonyl (C=O) groups excluding carboxylic acids is 3. The van der Waals surface area contributed by atoms with Crippen LogP contribution in [-0.2, 0) is 0 Å². The zero-order valence-electron chi connectivity index (χ0n) is 28.6. The SMILES string of the molecule is CCCCCCOc1c(OC(=O)c2ccc(Cl)cc2)ccc(N=Nc2ccc(OC(=O)c3ccc(C)cc3)cc2)c1OC(=O)c1cccc(C)c1. The lowest BCUT2D eigenvalue weighted by atomic mass is 10.1. The van der Waals surface area contributed by atoms with Crippen LogP contribution in [0.3, 0.4) is 0 Å². The predicted octanol–water partition coefficient (Wildman–Crippen LogP) is 11.0. The second-order valence-corrected chi connectivity index (χ2v) is 12.2. The van der Waals surface area contributed by atoms with Gasteiger partial charge in [0.15, 0.2) is 5.75 Å². The van der Waals surface area contributed by atoms with Gasteiger partial charge in [0, 0.05) is 5.02 Å². The van der Waals surface area contributed by atoms with Crippen LogP contribution in [0.4, 0.5) is 11.4 Å². The van der Waals surface area contributed by atoms with Crippen LogP contribution in [0.2, 0.25) is 5.02 Å². The molecule has 0 spiro atoms. The molecule has 0 bridgehead atoms. The van der Waals surface area contributed by atoms with Crippen LogP contribution in [-0.4, -0.2) is 24.5 Å². The summed E-state index contributed by atoms with van der Waals surface area (Å²) in [7, 11) is 0. The quantitative estimate of drug-likeness (QED) is 0.0489. The second kappa shape index (κ2) is 17.7. The minimum Gasteiger partial charge on any atom is -0.486 e. The van der Waals surface area contributed by atoms with E-state index in [1.54, 1.807) is 78.9 Å². The third kappa shape index (κ3) is 10.4. The number of hydrogen-bond donors (Lipinski definition) is 0. The highest BCUT2D eigenvalue weighted by Gasteiger charge is 2.24. The van der Waals surface area contributed by atoms with Crippen molar-refractivity contribution in [1.29, 1.82) is 0 Å². The first kappa shape index (κ1) is 36.5. The standard InChI is InChI=1S/C41H37ClN2O7/c1-4-5-6-7-25-48-38-36(50-40(46)30-15-17-32(42)18-16-30)24-23-35(37(38)51-41(47)31-10-8-9-28(3)26-31)44-43-33-19-21-34(22-20-33)49-39(45)29-13-11-27(2)12-14-29/h8-24,26H,4-7,25H2,1-3H3. The maximum atomic E-state index is 13.5. The fraction of sp³-hybridized carbons (Fsp3) is 0.195. The molecule has 0 unspecified atom stereocenters. The van der Waals surface area contributed by atoms with E-state index in [-0.39, 0.29) is 35.1 Å². The number of rotatable bonds is 14. The first-order chi connectivity index (χ1) is 24.7. The molecule has 10 heteroatoms. The molecule has 0 fully saturated rings. The Morgan fingerprint density at radius 3 is 1.96 bits per heavy atom. The largest absolute Gasteiger partial charge is 0.486 e. The number of nitrogens with zero attached hydrogens (tertiary/aromatic N) is 2. The van der Waals surface area contributed by atoms with Gasteiger partial charge in [-0.1, -0.05) is 73.2 Å². The zero-order valence-corrected chi connectivity index (χ0v) is 29.3. The van der Waals surface area contributed by atoms with Crippen molar-refractivity contribution in [3.63, 3.8) is 0 Å². The highest BCUT2D eigenvalue weighted by molar-refractivity contribution is 6.30. The van der Waals surface area contributed by atoms with E-state index in [1.165, 1.54) is 12.1 Å². The number of benzene rings is 5. The van der Waals surface area contributed by atoms with E-state index < -0.39 is 17.9 Å². The summed E-state index contributed by atoms with van der Waals surface area (Å²) in [6, 6.07) is 29.8. The molecule has 0 atom stereocenters. The maximum absolute atomic E-state index is 13.5. The number of unbranched alkanes of at least 4 members (excludes halogenated alkanes) is 3. The van der Waals surface area contributed by atoms with Gasteiger partial charge in [-0.3, -0.25) is 0 Å². The van der Waals surface area contributed by atoms with E-state index in [2.05, 4.69) is 17.2 Å². The van der Waals surface area contributed by atoms with E-state index in [4.69, 9.17) is 30.5 Å². The van der Waals surface area contributed by atoms with Gasteiger partial charge in [-0.25, -0.2) is 14.4 Å². The molecule has 0 saturated heterocycles. The van der Waals surface area contributed by atoms with Crippen LogP contribution < -0.4 is 18.9 Å². The Bertz CT molecular complexity index is 2010. The Morgan fingerprint density at radius 2 is 1.27 bits per heavy atom. The fourth-order valence-corrected chi connectivity index (χ4v) is 4.97. The van der Waals surface area contributed by atoms with Crippen LogP contribution in [0.15, 0.2) is 119 Å². The van der Waals surface area contributed by atoms with Crippen molar-refractivity contribution in [2.45, 2.75) is 46.5 Å². The highest BCUT2D eigenvalue weighted by Crippen LogP contribution is 2.46. The lowest BCUT2D eigenvalue weighted by Gasteiger charge is -2.17. The molecule has 0 saturated carbocycles. The Morgan fingerprint density at radius 1 is 0.608 bits per heavy atom. The van der Waals surface area contributed by atoms with Crippen molar-refractivity contribution in [1.82, 2.24) is 0 Å². The van der Waals surface area contributed by atoms with Crippen molar-refractivity contribution in [2.75, 3.05) is 6.61 Å². The van der Waals surface area contributed by atoms with Gasteiger partial charge in [0.2, 0.25) is 11.5 Å². The summed E-state index contributed by atoms with van der Waals surface area (Å²) < 4.78 is 23.4. The first-order valence-corrected chi connectivity index (χ1v) is 16.9. The average Bonchev–Trinajstić information content (AvgIpc) is 3.13. The monoisotopic (exact) mass is 704 g/mol. The molecular weight excluding hydrogens is 668 g/mol. The van der Waals surface area contributed by atoms with Crippen LogP contribution in [0.1, 0.15) is 74.8 Å². The van der Waals surface area contributed by atoms with Gasteiger partial charge in [-0.2, -0.15) is 5.11 Å². The summed E-state index contributed by atoms with van der Waals surface area (Å²) in [4.78, 5) is 39.2. The predicted molar refractivity (Wildman–Crippen MR) is 195 cm³/mol. The number of esters is 3. The summed E-state index contributed by atoms with van der Waals surface area (Å²) in [5.41, 5.74) is 3.50. The molecule has 5 aromatic rings. The number of hydrogen-bond acceptors (Lipinski definition) is 9. The Balaban J connectivity index is 1.46. The molecule has 0 aliphatic carbocycles. The highest BCUT2D eigenvalue weighted by atomic mass is 35.5. The molecule has 5 aromatic carbocycles. The van der Waals surface area contributed by atoms with E-state index >= 15 is 0 Å².